The first-order chi connectivity index (χ1) is 7.93. The number of nitrogens with one attached hydrogen (secondary N) is 1. The van der Waals surface area contributed by atoms with E-state index in [0.717, 1.165) is 12.8 Å². The molecule has 2 unspecified atom stereocenters. The van der Waals surface area contributed by atoms with E-state index < -0.39 is 0 Å². The fourth-order valence-electron chi connectivity index (χ4n) is 1.78. The molecule has 0 aliphatic rings. The fourth-order valence-corrected chi connectivity index (χ4v) is 2.27. The fraction of sp³-hybridized carbons (Fsp3) is 0.538. The van der Waals surface area contributed by atoms with Gasteiger partial charge in [0.05, 0.1) is 14.9 Å². The number of nitrogen functional groups attached to an aromatic ring is 1. The van der Waals surface area contributed by atoms with Gasteiger partial charge >= 0.3 is 0 Å². The summed E-state index contributed by atoms with van der Waals surface area (Å²) in [6.45, 7) is 6.49. The van der Waals surface area contributed by atoms with Crippen molar-refractivity contribution in [1.82, 2.24) is 0 Å². The number of benzene rings is 1. The van der Waals surface area contributed by atoms with Gasteiger partial charge in [-0.05, 0) is 47.9 Å². The Balaban J connectivity index is 2.71. The van der Waals surface area contributed by atoms with Gasteiger partial charge in [-0.25, -0.2) is 4.39 Å². The first kappa shape index (κ1) is 14.5. The van der Waals surface area contributed by atoms with Gasteiger partial charge in [-0.15, -0.1) is 0 Å². The van der Waals surface area contributed by atoms with E-state index in [2.05, 4.69) is 26.1 Å². The molecule has 4 heteroatoms. The highest BCUT2D eigenvalue weighted by molar-refractivity contribution is 14.1. The lowest BCUT2D eigenvalue weighted by molar-refractivity contribution is 0.483. The monoisotopic (exact) mass is 350 g/mol. The molecular weight excluding hydrogens is 330 g/mol. The van der Waals surface area contributed by atoms with Gasteiger partial charge in [-0.2, -0.15) is 0 Å². The minimum absolute atomic E-state index is 0.224. The number of hydrogen-bond acceptors (Lipinski definition) is 2. The Labute approximate surface area is 116 Å². The Kier molecular flexibility index (Phi) is 5.49. The third-order valence-corrected chi connectivity index (χ3v) is 3.77. The zero-order chi connectivity index (χ0) is 13.0. The van der Waals surface area contributed by atoms with E-state index in [-0.39, 0.29) is 5.82 Å². The first-order valence-electron chi connectivity index (χ1n) is 5.95. The van der Waals surface area contributed by atoms with Crippen LogP contribution < -0.4 is 11.1 Å². The average molecular weight is 350 g/mol. The molecule has 3 N–H and O–H groups in total. The van der Waals surface area contributed by atoms with Crippen molar-refractivity contribution >= 4 is 34.0 Å². The molecule has 0 amide bonds. The number of halogens is 2. The summed E-state index contributed by atoms with van der Waals surface area (Å²) in [5.74, 6) is 0.436. The molecule has 0 aliphatic heterocycles. The lowest BCUT2D eigenvalue weighted by atomic mass is 10.00. The average Bonchev–Trinajstić information content (AvgIpc) is 2.25. The van der Waals surface area contributed by atoms with Gasteiger partial charge in [-0.3, -0.25) is 0 Å². The maximum absolute atomic E-state index is 13.4. The summed E-state index contributed by atoms with van der Waals surface area (Å²) in [7, 11) is 0. The summed E-state index contributed by atoms with van der Waals surface area (Å²) in [5.41, 5.74) is 7.16. The van der Waals surface area contributed by atoms with E-state index in [0.29, 0.717) is 26.9 Å². The highest BCUT2D eigenvalue weighted by atomic mass is 127. The van der Waals surface area contributed by atoms with E-state index in [4.69, 9.17) is 5.73 Å². The van der Waals surface area contributed by atoms with Gasteiger partial charge in [0.2, 0.25) is 0 Å². The van der Waals surface area contributed by atoms with Crippen molar-refractivity contribution in [3.8, 4) is 0 Å². The van der Waals surface area contributed by atoms with Gasteiger partial charge in [0.1, 0.15) is 5.82 Å². The van der Waals surface area contributed by atoms with Crippen LogP contribution in [0.5, 0.6) is 0 Å². The topological polar surface area (TPSA) is 38.0 Å². The molecule has 1 rings (SSSR count). The van der Waals surface area contributed by atoms with E-state index >= 15 is 0 Å². The maximum atomic E-state index is 13.4. The molecule has 0 fully saturated rings. The molecule has 2 nitrogen and oxygen atoms in total. The van der Waals surface area contributed by atoms with Crippen LogP contribution in [0.25, 0.3) is 0 Å². The van der Waals surface area contributed by atoms with Gasteiger partial charge in [-0.1, -0.05) is 20.3 Å². The van der Waals surface area contributed by atoms with E-state index in [1.54, 1.807) is 6.07 Å². The smallest absolute Gasteiger partial charge is 0.138 e. The number of rotatable bonds is 5. The van der Waals surface area contributed by atoms with Crippen molar-refractivity contribution in [3.05, 3.63) is 21.5 Å². The summed E-state index contributed by atoms with van der Waals surface area (Å²) in [4.78, 5) is 0. The molecule has 1 aromatic carbocycles. The zero-order valence-corrected chi connectivity index (χ0v) is 12.7. The molecule has 0 bridgehead atoms. The van der Waals surface area contributed by atoms with Crippen LogP contribution >= 0.6 is 22.6 Å². The second-order valence-electron chi connectivity index (χ2n) is 4.65. The van der Waals surface area contributed by atoms with Crippen molar-refractivity contribution in [2.45, 2.75) is 39.7 Å². The molecule has 0 aromatic heterocycles. The van der Waals surface area contributed by atoms with Crippen molar-refractivity contribution < 1.29 is 4.39 Å². The molecular formula is C13H20FIN2. The second-order valence-corrected chi connectivity index (χ2v) is 5.81. The number of anilines is 2. The third kappa shape index (κ3) is 4.33. The van der Waals surface area contributed by atoms with E-state index in [9.17, 15) is 4.39 Å². The van der Waals surface area contributed by atoms with Gasteiger partial charge in [0, 0.05) is 12.1 Å². The Morgan fingerprint density at radius 3 is 2.65 bits per heavy atom. The quantitative estimate of drug-likeness (QED) is 0.616. The van der Waals surface area contributed by atoms with Crippen LogP contribution in [0.15, 0.2) is 12.1 Å². The third-order valence-electron chi connectivity index (χ3n) is 2.95. The van der Waals surface area contributed by atoms with E-state index in [1.807, 2.05) is 22.6 Å². The predicted molar refractivity (Wildman–Crippen MR) is 80.7 cm³/mol. The molecule has 2 atom stereocenters. The summed E-state index contributed by atoms with van der Waals surface area (Å²) in [5, 5.41) is 3.28. The molecule has 0 heterocycles. The molecule has 0 saturated heterocycles. The number of nitrogens with two attached hydrogens (primary N) is 1. The SMILES string of the molecule is CCC(C)CC(C)Nc1cc(F)c(I)cc1N. The normalized spacial score (nSPS) is 14.4. The molecule has 0 aliphatic carbocycles. The molecule has 17 heavy (non-hydrogen) atoms. The Bertz CT molecular complexity index is 382. The molecule has 0 saturated carbocycles. The Morgan fingerprint density at radius 2 is 2.06 bits per heavy atom. The van der Waals surface area contributed by atoms with Crippen LogP contribution in [-0.4, -0.2) is 6.04 Å². The highest BCUT2D eigenvalue weighted by Gasteiger charge is 2.10. The predicted octanol–water partition coefficient (Wildman–Crippen LogP) is 4.25. The second kappa shape index (κ2) is 6.42. The largest absolute Gasteiger partial charge is 0.397 e. The van der Waals surface area contributed by atoms with Crippen molar-refractivity contribution in [2.24, 2.45) is 5.92 Å². The van der Waals surface area contributed by atoms with Crippen LogP contribution in [0.2, 0.25) is 0 Å². The van der Waals surface area contributed by atoms with Crippen LogP contribution in [-0.2, 0) is 0 Å². The van der Waals surface area contributed by atoms with Gasteiger partial charge < -0.3 is 11.1 Å². The van der Waals surface area contributed by atoms with Crippen LogP contribution in [0.1, 0.15) is 33.6 Å². The number of hydrogen-bond donors (Lipinski definition) is 2. The maximum Gasteiger partial charge on any atom is 0.138 e. The van der Waals surface area contributed by atoms with E-state index in [1.165, 1.54) is 6.07 Å². The van der Waals surface area contributed by atoms with Crippen LogP contribution in [0.3, 0.4) is 0 Å². The minimum Gasteiger partial charge on any atom is -0.397 e. The van der Waals surface area contributed by atoms with Crippen molar-refractivity contribution in [3.63, 3.8) is 0 Å². The minimum atomic E-state index is -0.224. The van der Waals surface area contributed by atoms with Gasteiger partial charge in [0.15, 0.2) is 0 Å². The van der Waals surface area contributed by atoms with Crippen LogP contribution in [0.4, 0.5) is 15.8 Å². The Hall–Kier alpha value is -0.520. The van der Waals surface area contributed by atoms with Crippen molar-refractivity contribution in [1.29, 1.82) is 0 Å². The van der Waals surface area contributed by atoms with Crippen LogP contribution in [0, 0.1) is 15.3 Å². The summed E-state index contributed by atoms with van der Waals surface area (Å²) in [6.07, 6.45) is 2.21. The van der Waals surface area contributed by atoms with Crippen molar-refractivity contribution in [2.75, 3.05) is 11.1 Å². The first-order valence-corrected chi connectivity index (χ1v) is 7.03. The summed E-state index contributed by atoms with van der Waals surface area (Å²) in [6, 6.07) is 3.44. The zero-order valence-electron chi connectivity index (χ0n) is 10.6. The molecule has 96 valence electrons. The summed E-state index contributed by atoms with van der Waals surface area (Å²) < 4.78 is 14.0. The summed E-state index contributed by atoms with van der Waals surface area (Å²) >= 11 is 1.94. The molecule has 0 spiro atoms. The Morgan fingerprint density at radius 1 is 1.41 bits per heavy atom. The lowest BCUT2D eigenvalue weighted by Gasteiger charge is -2.20. The van der Waals surface area contributed by atoms with Gasteiger partial charge in [0.25, 0.3) is 0 Å². The molecule has 1 aromatic rings. The lowest BCUT2D eigenvalue weighted by Crippen LogP contribution is -2.19. The standard InChI is InChI=1S/C13H20FIN2/c1-4-8(2)5-9(3)17-13-6-10(14)11(15)7-12(13)16/h6-9,17H,4-5,16H2,1-3H3. The molecule has 0 radical (unpaired) electrons. The highest BCUT2D eigenvalue weighted by Crippen LogP contribution is 2.25.